The lowest BCUT2D eigenvalue weighted by atomic mass is 10.1. The number of para-hydroxylation sites is 1. The molecule has 0 unspecified atom stereocenters. The minimum absolute atomic E-state index is 0.118. The zero-order valence-corrected chi connectivity index (χ0v) is 15.8. The highest BCUT2D eigenvalue weighted by atomic mass is 16.2. The normalized spacial score (nSPS) is 10.6. The Hall–Kier alpha value is -3.21. The van der Waals surface area contributed by atoms with E-state index in [0.29, 0.717) is 6.54 Å². The van der Waals surface area contributed by atoms with Gasteiger partial charge in [-0.2, -0.15) is 0 Å². The van der Waals surface area contributed by atoms with Crippen molar-refractivity contribution in [2.45, 2.75) is 27.2 Å². The van der Waals surface area contributed by atoms with E-state index in [4.69, 9.17) is 0 Å². The highest BCUT2D eigenvalue weighted by Crippen LogP contribution is 2.25. The van der Waals surface area contributed by atoms with E-state index < -0.39 is 0 Å². The number of anilines is 2. The Morgan fingerprint density at radius 1 is 1.07 bits per heavy atom. The molecule has 1 aromatic heterocycles. The van der Waals surface area contributed by atoms with Crippen LogP contribution < -0.4 is 10.2 Å². The first-order chi connectivity index (χ1) is 13.0. The first-order valence-electron chi connectivity index (χ1n) is 8.94. The molecule has 138 valence electrons. The molecule has 3 rings (SSSR count). The summed E-state index contributed by atoms with van der Waals surface area (Å²) < 4.78 is 0. The van der Waals surface area contributed by atoms with Crippen LogP contribution in [0.3, 0.4) is 0 Å². The fraction of sp³-hybridized carbons (Fsp3) is 0.227. The summed E-state index contributed by atoms with van der Waals surface area (Å²) in [5, 5.41) is 3.89. The summed E-state index contributed by atoms with van der Waals surface area (Å²) in [5.74, 6) is -0.242. The van der Waals surface area contributed by atoms with Crippen molar-refractivity contribution in [3.8, 4) is 0 Å². The average molecular weight is 361 g/mol. The fourth-order valence-electron chi connectivity index (χ4n) is 3.13. The number of pyridine rings is 1. The number of nitrogens with zero attached hydrogens (tertiary/aromatic N) is 2. The molecule has 2 aromatic carbocycles. The number of fused-ring (bicyclic) bond motifs is 1. The molecule has 27 heavy (non-hydrogen) atoms. The molecule has 0 aliphatic rings. The maximum atomic E-state index is 12.4. The van der Waals surface area contributed by atoms with Crippen molar-refractivity contribution in [2.24, 2.45) is 0 Å². The van der Waals surface area contributed by atoms with Gasteiger partial charge in [-0.25, -0.2) is 0 Å². The first kappa shape index (κ1) is 18.6. The molecule has 3 aromatic rings. The van der Waals surface area contributed by atoms with Gasteiger partial charge in [0.05, 0.1) is 11.2 Å². The van der Waals surface area contributed by atoms with Gasteiger partial charge in [0, 0.05) is 37.2 Å². The molecule has 0 aliphatic carbocycles. The standard InChI is InChI=1S/C22H23N3O2/c1-15-9-10-19(16(2)14-15)24-21(27)11-13-25(17(3)26)20-8-4-6-18-7-5-12-23-22(18)20/h4-10,12,14H,11,13H2,1-3H3,(H,24,27). The van der Waals surface area contributed by atoms with Gasteiger partial charge in [-0.3, -0.25) is 14.6 Å². The maximum absolute atomic E-state index is 12.4. The molecule has 5 heteroatoms. The van der Waals surface area contributed by atoms with Crippen LogP contribution in [0.1, 0.15) is 24.5 Å². The Morgan fingerprint density at radius 3 is 2.59 bits per heavy atom. The van der Waals surface area contributed by atoms with Gasteiger partial charge in [-0.05, 0) is 37.6 Å². The van der Waals surface area contributed by atoms with E-state index in [0.717, 1.165) is 33.4 Å². The van der Waals surface area contributed by atoms with Crippen LogP contribution in [0.5, 0.6) is 0 Å². The average Bonchev–Trinajstić information content (AvgIpc) is 2.64. The Labute approximate surface area is 159 Å². The van der Waals surface area contributed by atoms with Gasteiger partial charge in [0.1, 0.15) is 0 Å². The summed E-state index contributed by atoms with van der Waals surface area (Å²) in [6.45, 7) is 5.78. The Kier molecular flexibility index (Phi) is 5.50. The van der Waals surface area contributed by atoms with Crippen LogP contribution in [0.4, 0.5) is 11.4 Å². The van der Waals surface area contributed by atoms with Gasteiger partial charge in [-0.1, -0.05) is 35.9 Å². The lowest BCUT2D eigenvalue weighted by molar-refractivity contribution is -0.117. The van der Waals surface area contributed by atoms with Crippen LogP contribution in [0.25, 0.3) is 10.9 Å². The van der Waals surface area contributed by atoms with E-state index in [1.165, 1.54) is 6.92 Å². The second-order valence-corrected chi connectivity index (χ2v) is 6.64. The van der Waals surface area contributed by atoms with E-state index in [2.05, 4.69) is 10.3 Å². The third-order valence-electron chi connectivity index (χ3n) is 4.50. The van der Waals surface area contributed by atoms with Gasteiger partial charge in [0.2, 0.25) is 11.8 Å². The fourth-order valence-corrected chi connectivity index (χ4v) is 3.13. The van der Waals surface area contributed by atoms with Crippen LogP contribution in [0, 0.1) is 13.8 Å². The smallest absolute Gasteiger partial charge is 0.226 e. The molecule has 0 saturated heterocycles. The predicted octanol–water partition coefficient (Wildman–Crippen LogP) is 4.23. The Balaban J connectivity index is 1.75. The molecule has 0 radical (unpaired) electrons. The van der Waals surface area contributed by atoms with Crippen LogP contribution in [-0.2, 0) is 9.59 Å². The summed E-state index contributed by atoms with van der Waals surface area (Å²) in [6, 6.07) is 15.4. The second-order valence-electron chi connectivity index (χ2n) is 6.64. The van der Waals surface area contributed by atoms with Crippen LogP contribution in [0.15, 0.2) is 54.7 Å². The number of aryl methyl sites for hydroxylation is 2. The summed E-state index contributed by atoms with van der Waals surface area (Å²) >= 11 is 0. The minimum Gasteiger partial charge on any atom is -0.326 e. The van der Waals surface area contributed by atoms with Crippen LogP contribution in [0.2, 0.25) is 0 Å². The molecule has 0 fully saturated rings. The number of carbonyl (C=O) groups excluding carboxylic acids is 2. The SMILES string of the molecule is CC(=O)N(CCC(=O)Nc1ccc(C)cc1C)c1cccc2cccnc12. The van der Waals surface area contributed by atoms with E-state index in [1.54, 1.807) is 11.1 Å². The summed E-state index contributed by atoms with van der Waals surface area (Å²) in [5.41, 5.74) is 4.44. The summed E-state index contributed by atoms with van der Waals surface area (Å²) in [4.78, 5) is 30.6. The van der Waals surface area contributed by atoms with Gasteiger partial charge >= 0.3 is 0 Å². The highest BCUT2D eigenvalue weighted by molar-refractivity contribution is 6.02. The van der Waals surface area contributed by atoms with Gasteiger partial charge < -0.3 is 10.2 Å². The van der Waals surface area contributed by atoms with Crippen molar-refractivity contribution < 1.29 is 9.59 Å². The largest absolute Gasteiger partial charge is 0.326 e. The van der Waals surface area contributed by atoms with Crippen molar-refractivity contribution in [3.63, 3.8) is 0 Å². The lowest BCUT2D eigenvalue weighted by Crippen LogP contribution is -2.32. The van der Waals surface area contributed by atoms with Gasteiger partial charge in [0.25, 0.3) is 0 Å². The Morgan fingerprint density at radius 2 is 1.85 bits per heavy atom. The molecule has 0 aliphatic heterocycles. The van der Waals surface area contributed by atoms with Crippen molar-refractivity contribution in [2.75, 3.05) is 16.8 Å². The van der Waals surface area contributed by atoms with Crippen molar-refractivity contribution >= 4 is 34.1 Å². The van der Waals surface area contributed by atoms with Crippen molar-refractivity contribution in [1.29, 1.82) is 0 Å². The molecule has 0 atom stereocenters. The Bertz CT molecular complexity index is 993. The lowest BCUT2D eigenvalue weighted by Gasteiger charge is -2.22. The van der Waals surface area contributed by atoms with E-state index in [1.807, 2.05) is 62.4 Å². The first-order valence-corrected chi connectivity index (χ1v) is 8.94. The number of carbonyl (C=O) groups is 2. The van der Waals surface area contributed by atoms with Gasteiger partial charge in [0.15, 0.2) is 0 Å². The summed E-state index contributed by atoms with van der Waals surface area (Å²) in [7, 11) is 0. The molecule has 1 N–H and O–H groups in total. The molecule has 0 bridgehead atoms. The molecule has 1 heterocycles. The third kappa shape index (κ3) is 4.31. The van der Waals surface area contributed by atoms with Crippen LogP contribution >= 0.6 is 0 Å². The molecule has 5 nitrogen and oxygen atoms in total. The second kappa shape index (κ2) is 7.99. The van der Waals surface area contributed by atoms with E-state index in [9.17, 15) is 9.59 Å². The van der Waals surface area contributed by atoms with Crippen molar-refractivity contribution in [1.82, 2.24) is 4.98 Å². The van der Waals surface area contributed by atoms with E-state index in [-0.39, 0.29) is 18.2 Å². The number of nitrogens with one attached hydrogen (secondary N) is 1. The summed E-state index contributed by atoms with van der Waals surface area (Å²) in [6.07, 6.45) is 1.91. The topological polar surface area (TPSA) is 62.3 Å². The number of rotatable bonds is 5. The monoisotopic (exact) mass is 361 g/mol. The predicted molar refractivity (Wildman–Crippen MR) is 109 cm³/mol. The minimum atomic E-state index is -0.124. The molecule has 0 saturated carbocycles. The number of hydrogen-bond donors (Lipinski definition) is 1. The number of benzene rings is 2. The molecular formula is C22H23N3O2. The number of amides is 2. The molecule has 0 spiro atoms. The number of aromatic nitrogens is 1. The zero-order valence-electron chi connectivity index (χ0n) is 15.8. The van der Waals surface area contributed by atoms with E-state index >= 15 is 0 Å². The molecule has 2 amide bonds. The third-order valence-corrected chi connectivity index (χ3v) is 4.50. The highest BCUT2D eigenvalue weighted by Gasteiger charge is 2.17. The van der Waals surface area contributed by atoms with Crippen LogP contribution in [-0.4, -0.2) is 23.3 Å². The maximum Gasteiger partial charge on any atom is 0.226 e. The van der Waals surface area contributed by atoms with Crippen molar-refractivity contribution in [3.05, 3.63) is 65.9 Å². The zero-order chi connectivity index (χ0) is 19.4. The molecular weight excluding hydrogens is 338 g/mol. The van der Waals surface area contributed by atoms with Gasteiger partial charge in [-0.15, -0.1) is 0 Å². The number of hydrogen-bond acceptors (Lipinski definition) is 3. The quantitative estimate of drug-likeness (QED) is 0.739.